The molecule has 0 aromatic carbocycles. The Balaban J connectivity index is 1.84. The first kappa shape index (κ1) is 13.5. The summed E-state index contributed by atoms with van der Waals surface area (Å²) < 4.78 is 5.61. The summed E-state index contributed by atoms with van der Waals surface area (Å²) in [6.07, 6.45) is 1.76. The number of rotatable bonds is 5. The molecule has 5 heteroatoms. The first-order valence-corrected chi connectivity index (χ1v) is 8.25. The van der Waals surface area contributed by atoms with Crippen LogP contribution in [0.25, 0.3) is 0 Å². The zero-order chi connectivity index (χ0) is 13.9. The normalized spacial score (nSPS) is 12.9. The minimum Gasteiger partial charge on any atom is -0.444 e. The van der Waals surface area contributed by atoms with E-state index in [9.17, 15) is 0 Å². The van der Waals surface area contributed by atoms with Crippen molar-refractivity contribution in [2.45, 2.75) is 25.9 Å². The van der Waals surface area contributed by atoms with Crippen molar-refractivity contribution in [3.63, 3.8) is 0 Å². The second kappa shape index (κ2) is 5.91. The molecule has 20 heavy (non-hydrogen) atoms. The molecule has 1 N–H and O–H groups in total. The summed E-state index contributed by atoms with van der Waals surface area (Å²) in [6.45, 7) is 4.00. The fourth-order valence-electron chi connectivity index (χ4n) is 2.11. The quantitative estimate of drug-likeness (QED) is 0.751. The van der Waals surface area contributed by atoms with E-state index in [1.54, 1.807) is 28.9 Å². The average Bonchev–Trinajstić information content (AvgIpc) is 3.17. The first-order chi connectivity index (χ1) is 9.74. The number of nitrogens with zero attached hydrogens (tertiary/aromatic N) is 1. The number of hydrogen-bond donors (Lipinski definition) is 1. The number of nitrogens with one attached hydrogen (secondary N) is 1. The molecule has 0 bridgehead atoms. The lowest BCUT2D eigenvalue weighted by molar-refractivity contribution is 0.390. The lowest BCUT2D eigenvalue weighted by Crippen LogP contribution is -2.24. The molecule has 0 aliphatic heterocycles. The predicted molar refractivity (Wildman–Crippen MR) is 83.3 cm³/mol. The van der Waals surface area contributed by atoms with Gasteiger partial charge < -0.3 is 4.42 Å². The van der Waals surface area contributed by atoms with Crippen molar-refractivity contribution in [3.05, 3.63) is 62.6 Å². The average molecular weight is 304 g/mol. The minimum absolute atomic E-state index is 0.0675. The summed E-state index contributed by atoms with van der Waals surface area (Å²) in [5, 5.41) is 7.83. The minimum atomic E-state index is 0.0675. The van der Waals surface area contributed by atoms with Gasteiger partial charge in [-0.3, -0.25) is 5.32 Å². The number of hydrogen-bond acceptors (Lipinski definition) is 5. The van der Waals surface area contributed by atoms with Gasteiger partial charge in [-0.15, -0.1) is 22.7 Å². The van der Waals surface area contributed by atoms with Gasteiger partial charge in [-0.1, -0.05) is 12.1 Å². The van der Waals surface area contributed by atoms with E-state index in [4.69, 9.17) is 4.42 Å². The van der Waals surface area contributed by atoms with Gasteiger partial charge in [-0.2, -0.15) is 0 Å². The maximum atomic E-state index is 5.61. The fraction of sp³-hybridized carbons (Fsp3) is 0.267. The SMILES string of the molecule is Cc1cnc(C(C)NC(c2cccs2)c2cccs2)o1. The van der Waals surface area contributed by atoms with Crippen LogP contribution in [0.2, 0.25) is 0 Å². The van der Waals surface area contributed by atoms with E-state index in [0.29, 0.717) is 0 Å². The van der Waals surface area contributed by atoms with Gasteiger partial charge in [0.05, 0.1) is 18.3 Å². The molecular weight excluding hydrogens is 288 g/mol. The van der Waals surface area contributed by atoms with Crippen LogP contribution in [0.4, 0.5) is 0 Å². The third kappa shape index (κ3) is 2.85. The Bertz CT molecular complexity index is 609. The Kier molecular flexibility index (Phi) is 4.00. The summed E-state index contributed by atoms with van der Waals surface area (Å²) in [5.74, 6) is 1.58. The second-order valence-electron chi connectivity index (χ2n) is 4.66. The van der Waals surface area contributed by atoms with Crippen LogP contribution in [0.5, 0.6) is 0 Å². The molecule has 104 valence electrons. The molecule has 3 nitrogen and oxygen atoms in total. The molecule has 0 saturated carbocycles. The van der Waals surface area contributed by atoms with Crippen LogP contribution in [0, 0.1) is 6.92 Å². The molecule has 0 saturated heterocycles. The molecule has 3 heterocycles. The lowest BCUT2D eigenvalue weighted by atomic mass is 10.1. The number of thiophene rings is 2. The summed E-state index contributed by atoms with van der Waals surface area (Å²) in [6, 6.07) is 8.76. The zero-order valence-corrected chi connectivity index (χ0v) is 13.0. The van der Waals surface area contributed by atoms with Crippen LogP contribution < -0.4 is 5.32 Å². The van der Waals surface area contributed by atoms with Crippen molar-refractivity contribution in [1.82, 2.24) is 10.3 Å². The van der Waals surface area contributed by atoms with Crippen molar-refractivity contribution >= 4 is 22.7 Å². The lowest BCUT2D eigenvalue weighted by Gasteiger charge is -2.19. The third-order valence-corrected chi connectivity index (χ3v) is 4.96. The first-order valence-electron chi connectivity index (χ1n) is 6.49. The van der Waals surface area contributed by atoms with E-state index in [0.717, 1.165) is 11.7 Å². The maximum absolute atomic E-state index is 5.61. The van der Waals surface area contributed by atoms with E-state index in [1.165, 1.54) is 9.75 Å². The largest absolute Gasteiger partial charge is 0.444 e. The molecule has 3 aromatic rings. The highest BCUT2D eigenvalue weighted by Gasteiger charge is 2.21. The van der Waals surface area contributed by atoms with Crippen molar-refractivity contribution in [2.75, 3.05) is 0 Å². The number of aryl methyl sites for hydroxylation is 1. The molecular formula is C15H16N2OS2. The van der Waals surface area contributed by atoms with E-state index >= 15 is 0 Å². The second-order valence-corrected chi connectivity index (χ2v) is 6.62. The Labute approximate surface area is 126 Å². The van der Waals surface area contributed by atoms with Crippen molar-refractivity contribution in [1.29, 1.82) is 0 Å². The molecule has 1 atom stereocenters. The monoisotopic (exact) mass is 304 g/mol. The summed E-state index contributed by atoms with van der Waals surface area (Å²) in [7, 11) is 0. The Morgan fingerprint density at radius 3 is 2.25 bits per heavy atom. The summed E-state index contributed by atoms with van der Waals surface area (Å²) in [5.41, 5.74) is 0. The van der Waals surface area contributed by atoms with Gasteiger partial charge in [-0.25, -0.2) is 4.98 Å². The predicted octanol–water partition coefficient (Wildman–Crippen LogP) is 4.55. The van der Waals surface area contributed by atoms with Crippen LogP contribution >= 0.6 is 22.7 Å². The van der Waals surface area contributed by atoms with Gasteiger partial charge in [0, 0.05) is 9.75 Å². The Morgan fingerprint density at radius 2 is 1.80 bits per heavy atom. The highest BCUT2D eigenvalue weighted by molar-refractivity contribution is 7.11. The molecule has 1 unspecified atom stereocenters. The maximum Gasteiger partial charge on any atom is 0.211 e. The van der Waals surface area contributed by atoms with Gasteiger partial charge in [0.15, 0.2) is 0 Å². The molecule has 0 amide bonds. The topological polar surface area (TPSA) is 38.1 Å². The third-order valence-electron chi connectivity index (χ3n) is 3.08. The van der Waals surface area contributed by atoms with Crippen molar-refractivity contribution in [3.8, 4) is 0 Å². The van der Waals surface area contributed by atoms with Gasteiger partial charge >= 0.3 is 0 Å². The highest BCUT2D eigenvalue weighted by atomic mass is 32.1. The Morgan fingerprint density at radius 1 is 1.15 bits per heavy atom. The van der Waals surface area contributed by atoms with E-state index in [1.807, 2.05) is 6.92 Å². The van der Waals surface area contributed by atoms with Gasteiger partial charge in [0.25, 0.3) is 0 Å². The van der Waals surface area contributed by atoms with Crippen molar-refractivity contribution < 1.29 is 4.42 Å². The van der Waals surface area contributed by atoms with Gasteiger partial charge in [0.1, 0.15) is 5.76 Å². The molecule has 0 aliphatic rings. The van der Waals surface area contributed by atoms with Crippen LogP contribution in [0.3, 0.4) is 0 Å². The smallest absolute Gasteiger partial charge is 0.211 e. The summed E-state index contributed by atoms with van der Waals surface area (Å²) >= 11 is 3.53. The molecule has 3 rings (SSSR count). The van der Waals surface area contributed by atoms with E-state index in [-0.39, 0.29) is 12.1 Å². The number of oxazole rings is 1. The van der Waals surface area contributed by atoms with E-state index in [2.05, 4.69) is 52.3 Å². The van der Waals surface area contributed by atoms with Crippen LogP contribution in [0.15, 0.2) is 45.6 Å². The molecule has 0 fully saturated rings. The van der Waals surface area contributed by atoms with Crippen molar-refractivity contribution in [2.24, 2.45) is 0 Å². The molecule has 0 spiro atoms. The summed E-state index contributed by atoms with van der Waals surface area (Å²) in [4.78, 5) is 6.92. The standard InChI is InChI=1S/C15H16N2OS2/c1-10-9-16-15(18-10)11(2)17-14(12-5-3-7-19-12)13-6-4-8-20-13/h3-9,11,14,17H,1-2H3. The fourth-order valence-corrected chi connectivity index (χ4v) is 3.79. The van der Waals surface area contributed by atoms with Gasteiger partial charge in [0.2, 0.25) is 5.89 Å². The molecule has 3 aromatic heterocycles. The van der Waals surface area contributed by atoms with E-state index < -0.39 is 0 Å². The van der Waals surface area contributed by atoms with Crippen LogP contribution in [0.1, 0.15) is 40.4 Å². The van der Waals surface area contributed by atoms with Gasteiger partial charge in [-0.05, 0) is 36.7 Å². The molecule has 0 aliphatic carbocycles. The number of aromatic nitrogens is 1. The highest BCUT2D eigenvalue weighted by Crippen LogP contribution is 2.31. The Hall–Kier alpha value is -1.43. The zero-order valence-electron chi connectivity index (χ0n) is 11.4. The molecule has 0 radical (unpaired) electrons. The van der Waals surface area contributed by atoms with Crippen LogP contribution in [-0.4, -0.2) is 4.98 Å². The van der Waals surface area contributed by atoms with Crippen LogP contribution in [-0.2, 0) is 0 Å².